The van der Waals surface area contributed by atoms with Gasteiger partial charge in [0.25, 0.3) is 5.91 Å². The van der Waals surface area contributed by atoms with Crippen LogP contribution in [0.3, 0.4) is 0 Å². The van der Waals surface area contributed by atoms with E-state index >= 15 is 0 Å². The Morgan fingerprint density at radius 1 is 1.29 bits per heavy atom. The molecule has 0 saturated carbocycles. The van der Waals surface area contributed by atoms with Crippen molar-refractivity contribution in [2.75, 3.05) is 46.8 Å². The van der Waals surface area contributed by atoms with Gasteiger partial charge in [-0.05, 0) is 32.0 Å². The number of fused-ring (bicyclic) bond motifs is 1. The first-order valence-electron chi connectivity index (χ1n) is 7.89. The number of nitrogens with zero attached hydrogens (tertiary/aromatic N) is 5. The highest BCUT2D eigenvalue weighted by atomic mass is 32.1. The number of hydrogen-bond acceptors (Lipinski definition) is 7. The van der Waals surface area contributed by atoms with Crippen molar-refractivity contribution in [3.63, 3.8) is 0 Å². The third kappa shape index (κ3) is 2.60. The van der Waals surface area contributed by atoms with Gasteiger partial charge in [-0.2, -0.15) is 0 Å². The Bertz CT molecular complexity index is 793. The Morgan fingerprint density at radius 2 is 2.04 bits per heavy atom. The third-order valence-corrected chi connectivity index (χ3v) is 6.55. The fourth-order valence-corrected chi connectivity index (χ4v) is 5.29. The molecule has 2 amide bonds. The van der Waals surface area contributed by atoms with Gasteiger partial charge in [0.05, 0.1) is 16.8 Å². The van der Waals surface area contributed by atoms with Crippen molar-refractivity contribution < 1.29 is 9.59 Å². The van der Waals surface area contributed by atoms with Gasteiger partial charge in [0.1, 0.15) is 0 Å². The molecule has 9 heteroatoms. The van der Waals surface area contributed by atoms with Crippen molar-refractivity contribution in [3.8, 4) is 0 Å². The highest BCUT2D eigenvalue weighted by molar-refractivity contribution is 7.24. The molecule has 0 radical (unpaired) electrons. The van der Waals surface area contributed by atoms with Crippen LogP contribution in [0, 0.1) is 5.41 Å². The summed E-state index contributed by atoms with van der Waals surface area (Å²) in [5, 5.41) is 5.91. The Labute approximate surface area is 148 Å². The Kier molecular flexibility index (Phi) is 3.81. The van der Waals surface area contributed by atoms with E-state index in [0.29, 0.717) is 6.54 Å². The quantitative estimate of drug-likeness (QED) is 0.811. The molecule has 7 nitrogen and oxygen atoms in total. The summed E-state index contributed by atoms with van der Waals surface area (Å²) < 4.78 is 4.81. The zero-order valence-electron chi connectivity index (χ0n) is 13.7. The molecule has 0 aliphatic carbocycles. The molecule has 0 bridgehead atoms. The number of hydrogen-bond donors (Lipinski definition) is 0. The van der Waals surface area contributed by atoms with E-state index in [1.54, 1.807) is 0 Å². The van der Waals surface area contributed by atoms with Gasteiger partial charge >= 0.3 is 0 Å². The van der Waals surface area contributed by atoms with Crippen LogP contribution in [-0.2, 0) is 4.79 Å². The summed E-state index contributed by atoms with van der Waals surface area (Å²) in [6, 6.07) is 0. The molecule has 0 atom stereocenters. The van der Waals surface area contributed by atoms with Crippen molar-refractivity contribution in [2.24, 2.45) is 5.41 Å². The van der Waals surface area contributed by atoms with Gasteiger partial charge in [-0.1, -0.05) is 4.49 Å². The highest BCUT2D eigenvalue weighted by Crippen LogP contribution is 2.40. The minimum absolute atomic E-state index is 0.0715. The van der Waals surface area contributed by atoms with Gasteiger partial charge in [0, 0.05) is 37.0 Å². The molecule has 128 valence electrons. The van der Waals surface area contributed by atoms with Crippen LogP contribution < -0.4 is 0 Å². The highest BCUT2D eigenvalue weighted by Gasteiger charge is 2.50. The van der Waals surface area contributed by atoms with E-state index in [9.17, 15) is 9.59 Å². The van der Waals surface area contributed by atoms with Crippen LogP contribution in [0.25, 0.3) is 9.53 Å². The fourth-order valence-electron chi connectivity index (χ4n) is 3.59. The zero-order chi connectivity index (χ0) is 16.9. The predicted molar refractivity (Wildman–Crippen MR) is 93.4 cm³/mol. The van der Waals surface area contributed by atoms with Crippen LogP contribution in [0.2, 0.25) is 0 Å². The molecule has 0 aromatic carbocycles. The van der Waals surface area contributed by atoms with Crippen LogP contribution in [-0.4, -0.2) is 82.9 Å². The lowest BCUT2D eigenvalue weighted by Crippen LogP contribution is -2.61. The van der Waals surface area contributed by atoms with Gasteiger partial charge in [-0.3, -0.25) is 9.59 Å². The van der Waals surface area contributed by atoms with Crippen LogP contribution >= 0.6 is 22.9 Å². The first kappa shape index (κ1) is 15.9. The monoisotopic (exact) mass is 365 g/mol. The number of rotatable bonds is 3. The van der Waals surface area contributed by atoms with Gasteiger partial charge in [-0.15, -0.1) is 16.4 Å². The molecular formula is C15H19N5O2S2. The average Bonchev–Trinajstić information content (AvgIpc) is 3.18. The zero-order valence-corrected chi connectivity index (χ0v) is 15.3. The molecule has 2 fully saturated rings. The lowest BCUT2D eigenvalue weighted by atomic mass is 9.79. The molecule has 1 spiro atoms. The van der Waals surface area contributed by atoms with Crippen molar-refractivity contribution in [2.45, 2.75) is 6.42 Å². The smallest absolute Gasteiger partial charge is 0.256 e. The molecule has 2 aromatic rings. The summed E-state index contributed by atoms with van der Waals surface area (Å²) in [5.41, 5.74) is 0.820. The molecule has 24 heavy (non-hydrogen) atoms. The lowest BCUT2D eigenvalue weighted by molar-refractivity contribution is -0.143. The van der Waals surface area contributed by atoms with Gasteiger partial charge in [0.15, 0.2) is 4.83 Å². The summed E-state index contributed by atoms with van der Waals surface area (Å²) in [4.78, 5) is 31.5. The predicted octanol–water partition coefficient (Wildman–Crippen LogP) is 0.989. The van der Waals surface area contributed by atoms with Crippen LogP contribution in [0.4, 0.5) is 0 Å². The summed E-state index contributed by atoms with van der Waals surface area (Å²) in [6.45, 7) is 3.48. The molecule has 2 aliphatic rings. The van der Waals surface area contributed by atoms with Crippen molar-refractivity contribution in [1.29, 1.82) is 0 Å². The number of carbonyl (C=O) groups excluding carboxylic acids is 2. The topological polar surface area (TPSA) is 69.6 Å². The van der Waals surface area contributed by atoms with Gasteiger partial charge < -0.3 is 14.7 Å². The molecule has 2 aliphatic heterocycles. The van der Waals surface area contributed by atoms with Crippen LogP contribution in [0.1, 0.15) is 16.8 Å². The minimum atomic E-state index is 0.0715. The Hall–Kier alpha value is -1.58. The molecule has 0 unspecified atom stereocenters. The molecule has 4 rings (SSSR count). The number of likely N-dealkylation sites (tertiary alicyclic amines) is 2. The maximum absolute atomic E-state index is 12.8. The Balaban J connectivity index is 1.40. The molecule has 2 saturated heterocycles. The van der Waals surface area contributed by atoms with Crippen molar-refractivity contribution in [1.82, 2.24) is 24.3 Å². The maximum Gasteiger partial charge on any atom is 0.256 e. The summed E-state index contributed by atoms with van der Waals surface area (Å²) in [6.07, 6.45) is 0.971. The maximum atomic E-state index is 12.8. The molecule has 2 aromatic heterocycles. The number of likely N-dealkylation sites (N-methyl/N-ethyl adjacent to an activating group) is 1. The standard InChI is InChI=1S/C15H19N5O2S2/c1-18(2)5-11(21)20-8-15(9-20)3-4-19(7-15)14(22)10-6-23-13-12(10)24-17-16-13/h6H,3-5,7-9H2,1-2H3. The second-order valence-electron chi connectivity index (χ2n) is 7.02. The first-order chi connectivity index (χ1) is 11.5. The fraction of sp³-hybridized carbons (Fsp3) is 0.600. The van der Waals surface area contributed by atoms with E-state index in [2.05, 4.69) is 9.59 Å². The number of aromatic nitrogens is 2. The normalized spacial score (nSPS) is 19.5. The second kappa shape index (κ2) is 5.75. The summed E-state index contributed by atoms with van der Waals surface area (Å²) in [7, 11) is 3.80. The summed E-state index contributed by atoms with van der Waals surface area (Å²) >= 11 is 2.75. The van der Waals surface area contributed by atoms with E-state index in [0.717, 1.165) is 47.7 Å². The third-order valence-electron chi connectivity index (χ3n) is 4.80. The first-order valence-corrected chi connectivity index (χ1v) is 9.54. The largest absolute Gasteiger partial charge is 0.340 e. The van der Waals surface area contributed by atoms with Gasteiger partial charge in [-0.25, -0.2) is 0 Å². The molecular weight excluding hydrogens is 346 g/mol. The molecule has 0 N–H and O–H groups in total. The minimum Gasteiger partial charge on any atom is -0.340 e. The second-order valence-corrected chi connectivity index (χ2v) is 8.63. The number of thiophene rings is 1. The van der Waals surface area contributed by atoms with E-state index in [1.165, 1.54) is 22.9 Å². The molecule has 4 heterocycles. The lowest BCUT2D eigenvalue weighted by Gasteiger charge is -2.48. The van der Waals surface area contributed by atoms with E-state index in [1.807, 2.05) is 34.2 Å². The van der Waals surface area contributed by atoms with Gasteiger partial charge in [0.2, 0.25) is 5.91 Å². The van der Waals surface area contributed by atoms with E-state index < -0.39 is 0 Å². The van der Waals surface area contributed by atoms with Crippen LogP contribution in [0.5, 0.6) is 0 Å². The van der Waals surface area contributed by atoms with E-state index in [4.69, 9.17) is 0 Å². The number of amides is 2. The Morgan fingerprint density at radius 3 is 2.79 bits per heavy atom. The van der Waals surface area contributed by atoms with Crippen molar-refractivity contribution >= 4 is 44.2 Å². The van der Waals surface area contributed by atoms with E-state index in [-0.39, 0.29) is 17.2 Å². The average molecular weight is 365 g/mol. The SMILES string of the molecule is CN(C)CC(=O)N1CC2(CCN(C(=O)c3csc4nnsc34)C2)C1. The summed E-state index contributed by atoms with van der Waals surface area (Å²) in [5.74, 6) is 0.243. The van der Waals surface area contributed by atoms with Crippen LogP contribution in [0.15, 0.2) is 5.38 Å². The van der Waals surface area contributed by atoms with Crippen molar-refractivity contribution in [3.05, 3.63) is 10.9 Å². The number of carbonyl (C=O) groups is 2.